The lowest BCUT2D eigenvalue weighted by Gasteiger charge is -2.31. The van der Waals surface area contributed by atoms with Gasteiger partial charge in [-0.25, -0.2) is 8.42 Å². The molecule has 2 atom stereocenters. The first-order valence-electron chi connectivity index (χ1n) is 8.79. The second kappa shape index (κ2) is 8.78. The molecule has 140 valence electrons. The molecule has 25 heavy (non-hydrogen) atoms. The minimum Gasteiger partial charge on any atom is -0.465 e. The van der Waals surface area contributed by atoms with Crippen molar-refractivity contribution in [3.63, 3.8) is 0 Å². The number of aliphatic hydroxyl groups excluding tert-OH is 1. The number of carbonyl (C=O) groups is 1. The number of benzene rings is 1. The first-order chi connectivity index (χ1) is 11.8. The number of rotatable bonds is 7. The zero-order valence-electron chi connectivity index (χ0n) is 14.8. The lowest BCUT2D eigenvalue weighted by atomic mass is 9.83. The molecule has 1 aliphatic carbocycles. The normalized spacial score (nSPS) is 18.5. The average molecular weight is 369 g/mol. The van der Waals surface area contributed by atoms with Crippen molar-refractivity contribution in [3.05, 3.63) is 29.8 Å². The highest BCUT2D eigenvalue weighted by molar-refractivity contribution is 7.89. The van der Waals surface area contributed by atoms with Crippen LogP contribution in [0.2, 0.25) is 0 Å². The van der Waals surface area contributed by atoms with E-state index in [0.717, 1.165) is 37.7 Å². The summed E-state index contributed by atoms with van der Waals surface area (Å²) < 4.78 is 32.6. The summed E-state index contributed by atoms with van der Waals surface area (Å²) in [6.45, 7) is 3.63. The number of esters is 1. The van der Waals surface area contributed by atoms with Gasteiger partial charge in [0.25, 0.3) is 0 Å². The van der Waals surface area contributed by atoms with Gasteiger partial charge in [0.1, 0.15) is 6.04 Å². The van der Waals surface area contributed by atoms with E-state index in [2.05, 4.69) is 4.72 Å². The third-order valence-electron chi connectivity index (χ3n) is 4.63. The van der Waals surface area contributed by atoms with Crippen LogP contribution in [0.25, 0.3) is 0 Å². The van der Waals surface area contributed by atoms with Crippen LogP contribution < -0.4 is 4.72 Å². The molecule has 1 aromatic carbocycles. The maximum atomic E-state index is 12.6. The Kier molecular flexibility index (Phi) is 6.98. The van der Waals surface area contributed by atoms with Crippen LogP contribution in [0.4, 0.5) is 0 Å². The highest BCUT2D eigenvalue weighted by atomic mass is 32.2. The zero-order chi connectivity index (χ0) is 18.4. The van der Waals surface area contributed by atoms with Gasteiger partial charge < -0.3 is 9.84 Å². The molecule has 1 saturated carbocycles. The smallest absolute Gasteiger partial charge is 0.326 e. The summed E-state index contributed by atoms with van der Waals surface area (Å²) in [5.41, 5.74) is 0.933. The highest BCUT2D eigenvalue weighted by Gasteiger charge is 2.37. The molecule has 0 bridgehead atoms. The van der Waals surface area contributed by atoms with Gasteiger partial charge >= 0.3 is 5.97 Å². The number of hydrogen-bond acceptors (Lipinski definition) is 5. The monoisotopic (exact) mass is 369 g/mol. The van der Waals surface area contributed by atoms with Crippen molar-refractivity contribution >= 4 is 16.0 Å². The van der Waals surface area contributed by atoms with Gasteiger partial charge in [-0.1, -0.05) is 37.0 Å². The minimum atomic E-state index is -3.93. The number of aryl methyl sites for hydroxylation is 1. The van der Waals surface area contributed by atoms with E-state index in [1.807, 2.05) is 6.92 Å². The van der Waals surface area contributed by atoms with Gasteiger partial charge in [0.2, 0.25) is 10.0 Å². The largest absolute Gasteiger partial charge is 0.465 e. The van der Waals surface area contributed by atoms with Crippen LogP contribution >= 0.6 is 0 Å². The summed E-state index contributed by atoms with van der Waals surface area (Å²) in [7, 11) is -3.93. The van der Waals surface area contributed by atoms with Gasteiger partial charge in [-0.15, -0.1) is 0 Å². The molecule has 6 nitrogen and oxygen atoms in total. The molecule has 0 saturated heterocycles. The number of hydrogen-bond donors (Lipinski definition) is 2. The molecule has 0 amide bonds. The van der Waals surface area contributed by atoms with Gasteiger partial charge in [-0.05, 0) is 44.7 Å². The van der Waals surface area contributed by atoms with Crippen LogP contribution in [-0.2, 0) is 19.6 Å². The summed E-state index contributed by atoms with van der Waals surface area (Å²) in [5.74, 6) is -0.847. The maximum absolute atomic E-state index is 12.6. The fourth-order valence-electron chi connectivity index (χ4n) is 3.19. The summed E-state index contributed by atoms with van der Waals surface area (Å²) in [6.07, 6.45) is 3.51. The van der Waals surface area contributed by atoms with E-state index in [-0.39, 0.29) is 17.4 Å². The quantitative estimate of drug-likeness (QED) is 0.719. The predicted octanol–water partition coefficient (Wildman–Crippen LogP) is 2.15. The Morgan fingerprint density at radius 1 is 1.24 bits per heavy atom. The number of ether oxygens (including phenoxy) is 1. The topological polar surface area (TPSA) is 92.7 Å². The highest BCUT2D eigenvalue weighted by Crippen LogP contribution is 2.28. The van der Waals surface area contributed by atoms with Crippen LogP contribution in [-0.4, -0.2) is 38.2 Å². The van der Waals surface area contributed by atoms with Crippen molar-refractivity contribution in [1.82, 2.24) is 4.72 Å². The van der Waals surface area contributed by atoms with E-state index in [1.165, 1.54) is 12.1 Å². The number of nitrogens with one attached hydrogen (secondary N) is 1. The molecule has 0 heterocycles. The van der Waals surface area contributed by atoms with E-state index >= 15 is 0 Å². The molecule has 0 radical (unpaired) electrons. The predicted molar refractivity (Wildman–Crippen MR) is 94.5 cm³/mol. The van der Waals surface area contributed by atoms with Crippen molar-refractivity contribution in [3.8, 4) is 0 Å². The van der Waals surface area contributed by atoms with E-state index in [0.29, 0.717) is 0 Å². The van der Waals surface area contributed by atoms with Crippen molar-refractivity contribution in [2.45, 2.75) is 63.0 Å². The van der Waals surface area contributed by atoms with E-state index in [4.69, 9.17) is 4.74 Å². The maximum Gasteiger partial charge on any atom is 0.326 e. The molecular weight excluding hydrogens is 342 g/mol. The van der Waals surface area contributed by atoms with Crippen LogP contribution in [0.1, 0.15) is 44.6 Å². The zero-order valence-corrected chi connectivity index (χ0v) is 15.6. The Bertz CT molecular complexity index is 665. The molecule has 7 heteroatoms. The van der Waals surface area contributed by atoms with E-state index in [9.17, 15) is 18.3 Å². The Morgan fingerprint density at radius 2 is 1.84 bits per heavy atom. The Morgan fingerprint density at radius 3 is 2.40 bits per heavy atom. The van der Waals surface area contributed by atoms with Crippen LogP contribution in [0.5, 0.6) is 0 Å². The molecule has 1 fully saturated rings. The summed E-state index contributed by atoms with van der Waals surface area (Å²) in [5, 5.41) is 10.7. The van der Waals surface area contributed by atoms with Crippen molar-refractivity contribution in [2.24, 2.45) is 5.92 Å². The van der Waals surface area contributed by atoms with Crippen LogP contribution in [0, 0.1) is 12.8 Å². The molecule has 0 aromatic heterocycles. The van der Waals surface area contributed by atoms with Gasteiger partial charge in [0, 0.05) is 0 Å². The van der Waals surface area contributed by atoms with E-state index < -0.39 is 28.1 Å². The second-order valence-electron chi connectivity index (χ2n) is 6.55. The molecular formula is C18H27NO5S. The van der Waals surface area contributed by atoms with Gasteiger partial charge in [-0.3, -0.25) is 4.79 Å². The molecule has 1 aromatic rings. The molecule has 1 aliphatic rings. The first kappa shape index (κ1) is 19.9. The fourth-order valence-corrected chi connectivity index (χ4v) is 4.39. The van der Waals surface area contributed by atoms with Crippen molar-refractivity contribution in [1.29, 1.82) is 0 Å². The minimum absolute atomic E-state index is 0.0586. The van der Waals surface area contributed by atoms with E-state index in [1.54, 1.807) is 19.1 Å². The molecule has 0 unspecified atom stereocenters. The molecule has 2 N–H and O–H groups in total. The lowest BCUT2D eigenvalue weighted by Crippen LogP contribution is -2.52. The van der Waals surface area contributed by atoms with Crippen LogP contribution in [0.15, 0.2) is 29.2 Å². The van der Waals surface area contributed by atoms with Gasteiger partial charge in [0.05, 0.1) is 17.6 Å². The third kappa shape index (κ3) is 5.26. The Labute approximate surface area is 149 Å². The Hall–Kier alpha value is -1.44. The lowest BCUT2D eigenvalue weighted by molar-refractivity contribution is -0.149. The van der Waals surface area contributed by atoms with Crippen molar-refractivity contribution < 1.29 is 23.1 Å². The number of aliphatic hydroxyl groups is 1. The number of sulfonamides is 1. The first-order valence-corrected chi connectivity index (χ1v) is 10.3. The fraction of sp³-hybridized carbons (Fsp3) is 0.611. The molecule has 0 spiro atoms. The SMILES string of the molecule is CCOC(=O)[C@H](NS(=O)(=O)c1ccc(C)cc1)[C@@H](O)C1CCCCC1. The standard InChI is InChI=1S/C18H27NO5S/c1-3-24-18(21)16(17(20)14-7-5-4-6-8-14)19-25(22,23)15-11-9-13(2)10-12-15/h9-12,14,16-17,19-20H,3-8H2,1-2H3/t16-,17+/m1/s1. The summed E-state index contributed by atoms with van der Waals surface area (Å²) in [6, 6.07) is 5.03. The van der Waals surface area contributed by atoms with Crippen molar-refractivity contribution in [2.75, 3.05) is 6.61 Å². The van der Waals surface area contributed by atoms with Crippen LogP contribution in [0.3, 0.4) is 0 Å². The average Bonchev–Trinajstić information content (AvgIpc) is 2.60. The third-order valence-corrected chi connectivity index (χ3v) is 6.09. The molecule has 0 aliphatic heterocycles. The number of carbonyl (C=O) groups excluding carboxylic acids is 1. The summed E-state index contributed by atoms with van der Waals surface area (Å²) in [4.78, 5) is 12.3. The second-order valence-corrected chi connectivity index (χ2v) is 8.27. The Balaban J connectivity index is 2.22. The summed E-state index contributed by atoms with van der Waals surface area (Å²) >= 11 is 0. The van der Waals surface area contributed by atoms with Gasteiger partial charge in [-0.2, -0.15) is 4.72 Å². The van der Waals surface area contributed by atoms with Gasteiger partial charge in [0.15, 0.2) is 0 Å². The molecule has 2 rings (SSSR count).